The summed E-state index contributed by atoms with van der Waals surface area (Å²) in [6, 6.07) is 3.11. The zero-order valence-corrected chi connectivity index (χ0v) is 23.3. The minimum Gasteiger partial charge on any atom is -0.480 e. The molecule has 4 atom stereocenters. The number of fused-ring (bicyclic) bond motifs is 1. The Morgan fingerprint density at radius 2 is 1.81 bits per heavy atom. The van der Waals surface area contributed by atoms with Crippen molar-refractivity contribution in [2.45, 2.75) is 69.1 Å². The molecule has 12 N–H and O–H groups in total. The number of likely N-dealkylation sites (tertiary alicyclic amines) is 1. The van der Waals surface area contributed by atoms with Crippen LogP contribution in [0.3, 0.4) is 0 Å². The van der Waals surface area contributed by atoms with Crippen LogP contribution in [0.5, 0.6) is 0 Å². The monoisotopic (exact) mass is 585 g/mol. The molecular formula is C27H39N9O6. The lowest BCUT2D eigenvalue weighted by Crippen LogP contribution is -2.57. The van der Waals surface area contributed by atoms with Gasteiger partial charge >= 0.3 is 5.97 Å². The molecular weight excluding hydrogens is 546 g/mol. The van der Waals surface area contributed by atoms with E-state index in [0.29, 0.717) is 38.8 Å². The summed E-state index contributed by atoms with van der Waals surface area (Å²) in [4.78, 5) is 71.4. The van der Waals surface area contributed by atoms with Gasteiger partial charge in [-0.1, -0.05) is 18.2 Å². The van der Waals surface area contributed by atoms with Crippen molar-refractivity contribution in [3.63, 3.8) is 0 Å². The second kappa shape index (κ2) is 14.8. The Balaban J connectivity index is 1.76. The first-order valence-corrected chi connectivity index (χ1v) is 13.8. The van der Waals surface area contributed by atoms with Gasteiger partial charge in [0.05, 0.1) is 6.04 Å². The maximum Gasteiger partial charge on any atom is 0.326 e. The van der Waals surface area contributed by atoms with E-state index in [9.17, 15) is 29.1 Å². The Hall–Kier alpha value is -4.66. The highest BCUT2D eigenvalue weighted by molar-refractivity contribution is 5.95. The molecule has 1 aromatic carbocycles. The molecule has 0 radical (unpaired) electrons. The van der Waals surface area contributed by atoms with Gasteiger partial charge in [0, 0.05) is 43.0 Å². The number of para-hydroxylation sites is 1. The average molecular weight is 586 g/mol. The fraction of sp³-hybridized carbons (Fsp3) is 0.481. The van der Waals surface area contributed by atoms with Crippen LogP contribution in [-0.2, 0) is 30.4 Å². The number of aliphatic carboxylic acids is 1. The number of nitrogens with two attached hydrogens (primary N) is 4. The van der Waals surface area contributed by atoms with Gasteiger partial charge in [0.1, 0.15) is 18.1 Å². The van der Waals surface area contributed by atoms with Crippen LogP contribution in [0.2, 0.25) is 0 Å². The lowest BCUT2D eigenvalue weighted by molar-refractivity contribution is -0.143. The van der Waals surface area contributed by atoms with Crippen molar-refractivity contribution in [2.75, 3.05) is 13.1 Å². The number of carbonyl (C=O) groups excluding carboxylic acids is 4. The second-order valence-electron chi connectivity index (χ2n) is 10.3. The summed E-state index contributed by atoms with van der Waals surface area (Å²) in [6.07, 6.45) is 3.02. The van der Waals surface area contributed by atoms with E-state index in [1.54, 1.807) is 6.20 Å². The number of aromatic amines is 1. The molecule has 1 aromatic heterocycles. The Labute approximate surface area is 242 Å². The summed E-state index contributed by atoms with van der Waals surface area (Å²) in [7, 11) is 0. The van der Waals surface area contributed by atoms with Crippen molar-refractivity contribution in [3.05, 3.63) is 36.0 Å². The molecule has 1 saturated heterocycles. The number of primary amides is 1. The van der Waals surface area contributed by atoms with Gasteiger partial charge in [-0.3, -0.25) is 24.2 Å². The summed E-state index contributed by atoms with van der Waals surface area (Å²) < 4.78 is 0. The van der Waals surface area contributed by atoms with E-state index in [0.717, 1.165) is 16.5 Å². The molecule has 0 bridgehead atoms. The standard InChI is InChI=1S/C27H39N9O6/c28-17(6-3-11-32-27(30)31)25(40)36-12-4-8-21(36)24(39)35-20(13-15-14-33-18-7-2-1-5-16(15)18)23(38)34-19(26(41)42)9-10-22(29)37/h1-2,5,7,14,17,19-21,33H,3-4,6,8-13,28H2,(H2,29,37)(H,34,38)(H,35,39)(H,41,42)(H4,30,31,32). The molecule has 0 spiro atoms. The minimum absolute atomic E-state index is 0.0364. The fourth-order valence-electron chi connectivity index (χ4n) is 4.97. The number of carboxylic acids is 1. The first kappa shape index (κ1) is 31.9. The van der Waals surface area contributed by atoms with Gasteiger partial charge in [-0.05, 0) is 43.7 Å². The Morgan fingerprint density at radius 1 is 1.07 bits per heavy atom. The molecule has 2 heterocycles. The zero-order chi connectivity index (χ0) is 30.8. The minimum atomic E-state index is -1.39. The predicted molar refractivity (Wildman–Crippen MR) is 155 cm³/mol. The van der Waals surface area contributed by atoms with Crippen molar-refractivity contribution in [2.24, 2.45) is 27.9 Å². The van der Waals surface area contributed by atoms with E-state index in [-0.39, 0.29) is 25.2 Å². The summed E-state index contributed by atoms with van der Waals surface area (Å²) in [5.74, 6) is -3.81. The van der Waals surface area contributed by atoms with Crippen molar-refractivity contribution < 1.29 is 29.1 Å². The molecule has 1 fully saturated rings. The molecule has 15 heteroatoms. The van der Waals surface area contributed by atoms with Crippen molar-refractivity contribution in [1.82, 2.24) is 20.5 Å². The topological polar surface area (TPSA) is 265 Å². The van der Waals surface area contributed by atoms with Crippen LogP contribution in [-0.4, -0.2) is 87.8 Å². The summed E-state index contributed by atoms with van der Waals surface area (Å²) in [5, 5.41) is 15.6. The number of rotatable bonds is 15. The van der Waals surface area contributed by atoms with Crippen molar-refractivity contribution in [1.29, 1.82) is 0 Å². The first-order valence-electron chi connectivity index (χ1n) is 13.8. The van der Waals surface area contributed by atoms with Crippen molar-refractivity contribution in [3.8, 4) is 0 Å². The predicted octanol–water partition coefficient (Wildman–Crippen LogP) is -1.60. The molecule has 15 nitrogen and oxygen atoms in total. The third kappa shape index (κ3) is 8.67. The number of aliphatic imine (C=N–C) groups is 1. The number of carbonyl (C=O) groups is 5. The third-order valence-electron chi connectivity index (χ3n) is 7.15. The highest BCUT2D eigenvalue weighted by atomic mass is 16.4. The zero-order valence-electron chi connectivity index (χ0n) is 23.3. The maximum absolute atomic E-state index is 13.5. The average Bonchev–Trinajstić information content (AvgIpc) is 3.59. The molecule has 4 amide bonds. The van der Waals surface area contributed by atoms with E-state index < -0.39 is 53.8 Å². The van der Waals surface area contributed by atoms with Gasteiger partial charge in [-0.25, -0.2) is 4.79 Å². The van der Waals surface area contributed by atoms with E-state index in [1.165, 1.54) is 4.90 Å². The second-order valence-corrected chi connectivity index (χ2v) is 10.3. The lowest BCUT2D eigenvalue weighted by atomic mass is 10.0. The normalized spacial score (nSPS) is 16.8. The van der Waals surface area contributed by atoms with Crippen LogP contribution in [0.1, 0.15) is 44.1 Å². The number of amides is 4. The van der Waals surface area contributed by atoms with Crippen LogP contribution in [0.25, 0.3) is 10.9 Å². The number of nitrogens with one attached hydrogen (secondary N) is 3. The number of carboxylic acid groups (broad SMARTS) is 1. The number of hydrogen-bond acceptors (Lipinski definition) is 7. The van der Waals surface area contributed by atoms with Gasteiger partial charge < -0.3 is 48.6 Å². The van der Waals surface area contributed by atoms with E-state index >= 15 is 0 Å². The fourth-order valence-corrected chi connectivity index (χ4v) is 4.97. The summed E-state index contributed by atoms with van der Waals surface area (Å²) >= 11 is 0. The Bertz CT molecular complexity index is 1320. The van der Waals surface area contributed by atoms with Gasteiger partial charge in [0.15, 0.2) is 5.96 Å². The SMILES string of the molecule is NC(=O)CCC(NC(=O)C(Cc1c[nH]c2ccccc12)NC(=O)C1CCCN1C(=O)C(N)CCCN=C(N)N)C(=O)O. The van der Waals surface area contributed by atoms with Crippen LogP contribution in [0.15, 0.2) is 35.5 Å². The Morgan fingerprint density at radius 3 is 2.50 bits per heavy atom. The quantitative estimate of drug-likeness (QED) is 0.0678. The number of hydrogen-bond donors (Lipinski definition) is 8. The molecule has 42 heavy (non-hydrogen) atoms. The maximum atomic E-state index is 13.5. The summed E-state index contributed by atoms with van der Waals surface area (Å²) in [6.45, 7) is 0.640. The number of nitrogens with zero attached hydrogens (tertiary/aromatic N) is 2. The lowest BCUT2D eigenvalue weighted by Gasteiger charge is -2.28. The molecule has 3 rings (SSSR count). The van der Waals surface area contributed by atoms with E-state index in [1.807, 2.05) is 24.3 Å². The largest absolute Gasteiger partial charge is 0.480 e. The summed E-state index contributed by atoms with van der Waals surface area (Å²) in [5.41, 5.74) is 23.4. The van der Waals surface area contributed by atoms with Crippen LogP contribution in [0, 0.1) is 0 Å². The Kier molecular flexibility index (Phi) is 11.2. The van der Waals surface area contributed by atoms with Crippen molar-refractivity contribution >= 4 is 46.5 Å². The van der Waals surface area contributed by atoms with Gasteiger partial charge in [0.2, 0.25) is 23.6 Å². The third-order valence-corrected chi connectivity index (χ3v) is 7.15. The van der Waals surface area contributed by atoms with Crippen LogP contribution >= 0.6 is 0 Å². The van der Waals surface area contributed by atoms with E-state index in [2.05, 4.69) is 20.6 Å². The highest BCUT2D eigenvalue weighted by Gasteiger charge is 2.38. The smallest absolute Gasteiger partial charge is 0.326 e. The molecule has 228 valence electrons. The van der Waals surface area contributed by atoms with Gasteiger partial charge in [-0.2, -0.15) is 0 Å². The van der Waals surface area contributed by atoms with Crippen LogP contribution in [0.4, 0.5) is 0 Å². The van der Waals surface area contributed by atoms with E-state index in [4.69, 9.17) is 22.9 Å². The number of guanidine groups is 1. The molecule has 0 aliphatic carbocycles. The van der Waals surface area contributed by atoms with Crippen LogP contribution < -0.4 is 33.6 Å². The molecule has 2 aromatic rings. The molecule has 0 saturated carbocycles. The highest BCUT2D eigenvalue weighted by Crippen LogP contribution is 2.22. The molecule has 4 unspecified atom stereocenters. The van der Waals surface area contributed by atoms with Gasteiger partial charge in [0.25, 0.3) is 0 Å². The van der Waals surface area contributed by atoms with Gasteiger partial charge in [-0.15, -0.1) is 0 Å². The number of H-pyrrole nitrogens is 1. The molecule has 1 aliphatic heterocycles. The molecule has 1 aliphatic rings. The number of aromatic nitrogens is 1. The first-order chi connectivity index (χ1) is 20.0. The number of benzene rings is 1.